The number of hydrogen-bond donors (Lipinski definition) is 0. The zero-order valence-electron chi connectivity index (χ0n) is 19.3. The van der Waals surface area contributed by atoms with Crippen LogP contribution in [0.1, 0.15) is 45.2 Å². The highest BCUT2D eigenvalue weighted by Crippen LogP contribution is 2.37. The molecule has 0 saturated carbocycles. The fourth-order valence-electron chi connectivity index (χ4n) is 2.73. The number of benzene rings is 2. The summed E-state index contributed by atoms with van der Waals surface area (Å²) in [6.07, 6.45) is 1.90. The number of carbonyl (C=O) groups is 1. The van der Waals surface area contributed by atoms with E-state index in [1.54, 1.807) is 0 Å². The monoisotopic (exact) mass is 428 g/mol. The molecule has 4 nitrogen and oxygen atoms in total. The van der Waals surface area contributed by atoms with E-state index in [1.165, 1.54) is 5.56 Å². The van der Waals surface area contributed by atoms with Gasteiger partial charge >= 0.3 is 5.97 Å². The standard InChI is InChI=1S/C25H36O4Si/c1-7-27-24(26)16-13-20-11-14-22(15-12-20)28-18-17-21-9-8-10-23(19-21)29-30(5,6)25(2,3)4/h8-12,14-15,19H,7,13,16-18H2,1-6H3. The molecule has 0 N–H and O–H groups in total. The maximum atomic E-state index is 11.5. The summed E-state index contributed by atoms with van der Waals surface area (Å²) < 4.78 is 17.3. The van der Waals surface area contributed by atoms with Crippen LogP contribution in [0.4, 0.5) is 0 Å². The van der Waals surface area contributed by atoms with Gasteiger partial charge in [0.25, 0.3) is 0 Å². The first-order valence-electron chi connectivity index (χ1n) is 10.8. The van der Waals surface area contributed by atoms with Gasteiger partial charge in [0.2, 0.25) is 8.32 Å². The second-order valence-electron chi connectivity index (χ2n) is 9.06. The van der Waals surface area contributed by atoms with Gasteiger partial charge in [-0.2, -0.15) is 0 Å². The lowest BCUT2D eigenvalue weighted by atomic mass is 10.1. The van der Waals surface area contributed by atoms with E-state index in [4.69, 9.17) is 13.9 Å². The van der Waals surface area contributed by atoms with Gasteiger partial charge in [-0.05, 0) is 66.9 Å². The van der Waals surface area contributed by atoms with Crippen LogP contribution in [0, 0.1) is 0 Å². The first-order valence-corrected chi connectivity index (χ1v) is 13.7. The van der Waals surface area contributed by atoms with Crippen LogP contribution in [0.2, 0.25) is 18.1 Å². The van der Waals surface area contributed by atoms with Gasteiger partial charge in [0, 0.05) is 12.8 Å². The molecule has 5 heteroatoms. The summed E-state index contributed by atoms with van der Waals surface area (Å²) in [7, 11) is -1.84. The number of esters is 1. The normalized spacial score (nSPS) is 11.8. The molecular weight excluding hydrogens is 392 g/mol. The Kier molecular flexibility index (Phi) is 8.53. The minimum atomic E-state index is -1.84. The van der Waals surface area contributed by atoms with Crippen LogP contribution < -0.4 is 9.16 Å². The molecule has 0 spiro atoms. The molecule has 0 atom stereocenters. The Hall–Kier alpha value is -2.27. The Morgan fingerprint density at radius 3 is 2.27 bits per heavy atom. The highest BCUT2D eigenvalue weighted by Gasteiger charge is 2.38. The first-order chi connectivity index (χ1) is 14.1. The number of ether oxygens (including phenoxy) is 2. The SMILES string of the molecule is CCOC(=O)CCc1ccc(OCCc2cccc(O[Si](C)(C)C(C)(C)C)c2)cc1. The minimum absolute atomic E-state index is 0.155. The average Bonchev–Trinajstić information content (AvgIpc) is 2.67. The number of hydrogen-bond acceptors (Lipinski definition) is 4. The van der Waals surface area contributed by atoms with Gasteiger partial charge in [-0.3, -0.25) is 4.79 Å². The van der Waals surface area contributed by atoms with Crippen LogP contribution in [0.15, 0.2) is 48.5 Å². The molecule has 2 rings (SSSR count). The molecule has 30 heavy (non-hydrogen) atoms. The van der Waals surface area contributed by atoms with Crippen LogP contribution >= 0.6 is 0 Å². The van der Waals surface area contributed by atoms with Crippen LogP contribution in [0.3, 0.4) is 0 Å². The van der Waals surface area contributed by atoms with Gasteiger partial charge < -0.3 is 13.9 Å². The predicted molar refractivity (Wildman–Crippen MR) is 125 cm³/mol. The number of carbonyl (C=O) groups excluding carboxylic acids is 1. The molecular formula is C25H36O4Si. The molecule has 2 aromatic carbocycles. The van der Waals surface area contributed by atoms with Gasteiger partial charge in [-0.1, -0.05) is 45.0 Å². The van der Waals surface area contributed by atoms with E-state index in [-0.39, 0.29) is 11.0 Å². The molecule has 0 bridgehead atoms. The summed E-state index contributed by atoms with van der Waals surface area (Å²) in [6.45, 7) is 14.1. The molecule has 0 aliphatic heterocycles. The van der Waals surface area contributed by atoms with E-state index in [9.17, 15) is 4.79 Å². The quantitative estimate of drug-likeness (QED) is 0.334. The smallest absolute Gasteiger partial charge is 0.306 e. The largest absolute Gasteiger partial charge is 0.543 e. The third-order valence-electron chi connectivity index (χ3n) is 5.58. The molecule has 0 heterocycles. The third kappa shape index (κ3) is 7.52. The van der Waals surface area contributed by atoms with Crippen LogP contribution in [-0.4, -0.2) is 27.5 Å². The maximum Gasteiger partial charge on any atom is 0.306 e. The Bertz CT molecular complexity index is 807. The fourth-order valence-corrected chi connectivity index (χ4v) is 3.75. The molecule has 0 unspecified atom stereocenters. The average molecular weight is 429 g/mol. The van der Waals surface area contributed by atoms with Crippen molar-refractivity contribution in [3.05, 3.63) is 59.7 Å². The van der Waals surface area contributed by atoms with Gasteiger partial charge in [0.1, 0.15) is 11.5 Å². The molecule has 0 aliphatic carbocycles. The molecule has 0 aromatic heterocycles. The molecule has 0 aliphatic rings. The molecule has 0 amide bonds. The Labute approximate surface area is 182 Å². The maximum absolute atomic E-state index is 11.5. The summed E-state index contributed by atoms with van der Waals surface area (Å²) in [4.78, 5) is 11.5. The summed E-state index contributed by atoms with van der Waals surface area (Å²) >= 11 is 0. The van der Waals surface area contributed by atoms with E-state index in [1.807, 2.05) is 37.3 Å². The molecule has 2 aromatic rings. The zero-order chi connectivity index (χ0) is 22.2. The van der Waals surface area contributed by atoms with Crippen LogP contribution in [-0.2, 0) is 22.4 Å². The van der Waals surface area contributed by atoms with Crippen molar-refractivity contribution in [2.75, 3.05) is 13.2 Å². The highest BCUT2D eigenvalue weighted by atomic mass is 28.4. The topological polar surface area (TPSA) is 44.8 Å². The molecule has 0 radical (unpaired) electrons. The van der Waals surface area contributed by atoms with Gasteiger partial charge in [0.05, 0.1) is 13.2 Å². The second-order valence-corrected chi connectivity index (χ2v) is 13.8. The van der Waals surface area contributed by atoms with Crippen LogP contribution in [0.25, 0.3) is 0 Å². The van der Waals surface area contributed by atoms with Crippen molar-refractivity contribution in [2.24, 2.45) is 0 Å². The zero-order valence-corrected chi connectivity index (χ0v) is 20.3. The van der Waals surface area contributed by atoms with Crippen molar-refractivity contribution in [3.8, 4) is 11.5 Å². The van der Waals surface area contributed by atoms with E-state index < -0.39 is 8.32 Å². The Morgan fingerprint density at radius 2 is 1.63 bits per heavy atom. The fraction of sp³-hybridized carbons (Fsp3) is 0.480. The van der Waals surface area contributed by atoms with Gasteiger partial charge in [-0.15, -0.1) is 0 Å². The highest BCUT2D eigenvalue weighted by molar-refractivity contribution is 6.74. The van der Waals surface area contributed by atoms with Gasteiger partial charge in [0.15, 0.2) is 0 Å². The van der Waals surface area contributed by atoms with E-state index in [0.717, 1.165) is 23.5 Å². The molecule has 0 saturated heterocycles. The number of aryl methyl sites for hydroxylation is 1. The lowest BCUT2D eigenvalue weighted by Gasteiger charge is -2.36. The van der Waals surface area contributed by atoms with Crippen molar-refractivity contribution < 1.29 is 18.7 Å². The van der Waals surface area contributed by atoms with E-state index >= 15 is 0 Å². The van der Waals surface area contributed by atoms with Crippen molar-refractivity contribution in [1.82, 2.24) is 0 Å². The van der Waals surface area contributed by atoms with Crippen molar-refractivity contribution in [3.63, 3.8) is 0 Å². The molecule has 164 valence electrons. The lowest BCUT2D eigenvalue weighted by molar-refractivity contribution is -0.143. The summed E-state index contributed by atoms with van der Waals surface area (Å²) in [5.41, 5.74) is 2.31. The predicted octanol–water partition coefficient (Wildman–Crippen LogP) is 6.19. The van der Waals surface area contributed by atoms with E-state index in [0.29, 0.717) is 26.1 Å². The number of rotatable bonds is 10. The first kappa shape index (κ1) is 24.0. The van der Waals surface area contributed by atoms with E-state index in [2.05, 4.69) is 52.1 Å². The van der Waals surface area contributed by atoms with Crippen LogP contribution in [0.5, 0.6) is 11.5 Å². The summed E-state index contributed by atoms with van der Waals surface area (Å²) in [5, 5.41) is 0.175. The second kappa shape index (κ2) is 10.7. The summed E-state index contributed by atoms with van der Waals surface area (Å²) in [6, 6.07) is 16.2. The van der Waals surface area contributed by atoms with Crippen molar-refractivity contribution in [1.29, 1.82) is 0 Å². The third-order valence-corrected chi connectivity index (χ3v) is 9.94. The lowest BCUT2D eigenvalue weighted by Crippen LogP contribution is -2.43. The minimum Gasteiger partial charge on any atom is -0.543 e. The Morgan fingerprint density at radius 1 is 0.933 bits per heavy atom. The van der Waals surface area contributed by atoms with Crippen molar-refractivity contribution >= 4 is 14.3 Å². The van der Waals surface area contributed by atoms with Crippen molar-refractivity contribution in [2.45, 2.75) is 65.1 Å². The molecule has 0 fully saturated rings. The Balaban J connectivity index is 1.83. The van der Waals surface area contributed by atoms with Gasteiger partial charge in [-0.25, -0.2) is 0 Å². The summed E-state index contributed by atoms with van der Waals surface area (Å²) in [5.74, 6) is 1.63.